The van der Waals surface area contributed by atoms with Crippen molar-refractivity contribution in [3.8, 4) is 0 Å². The SMILES string of the molecule is O=C(CSc1nc2sc3c(c2c(=O)[nH]1)CCCC3)NCc1cccc(Cl)c1. The third-order valence-corrected chi connectivity index (χ3v) is 6.82. The lowest BCUT2D eigenvalue weighted by molar-refractivity contribution is -0.118. The van der Waals surface area contributed by atoms with Crippen LogP contribution in [-0.4, -0.2) is 21.6 Å². The number of nitrogens with zero attached hydrogens (tertiary/aromatic N) is 1. The summed E-state index contributed by atoms with van der Waals surface area (Å²) in [5.74, 6) is 0.0771. The van der Waals surface area contributed by atoms with E-state index in [1.807, 2.05) is 18.2 Å². The van der Waals surface area contributed by atoms with Crippen molar-refractivity contribution in [1.29, 1.82) is 0 Å². The van der Waals surface area contributed by atoms with Gasteiger partial charge in [-0.3, -0.25) is 9.59 Å². The van der Waals surface area contributed by atoms with E-state index in [0.29, 0.717) is 16.7 Å². The lowest BCUT2D eigenvalue weighted by Crippen LogP contribution is -2.24. The summed E-state index contributed by atoms with van der Waals surface area (Å²) in [5, 5.41) is 4.73. The minimum absolute atomic E-state index is 0.0961. The van der Waals surface area contributed by atoms with Crippen LogP contribution in [0, 0.1) is 0 Å². The number of benzene rings is 1. The second-order valence-corrected chi connectivity index (χ2v) is 8.94. The maximum absolute atomic E-state index is 12.5. The van der Waals surface area contributed by atoms with Crippen LogP contribution in [0.3, 0.4) is 0 Å². The van der Waals surface area contributed by atoms with Gasteiger partial charge in [0.05, 0.1) is 11.1 Å². The second kappa shape index (κ2) is 8.04. The van der Waals surface area contributed by atoms with Gasteiger partial charge in [0.1, 0.15) is 4.83 Å². The highest BCUT2D eigenvalue weighted by atomic mass is 35.5. The molecule has 1 amide bonds. The van der Waals surface area contributed by atoms with Gasteiger partial charge in [-0.15, -0.1) is 11.3 Å². The van der Waals surface area contributed by atoms with Gasteiger partial charge in [-0.25, -0.2) is 4.98 Å². The van der Waals surface area contributed by atoms with Crippen molar-refractivity contribution < 1.29 is 4.79 Å². The number of thioether (sulfide) groups is 1. The van der Waals surface area contributed by atoms with E-state index in [0.717, 1.165) is 35.0 Å². The molecule has 2 heterocycles. The minimum atomic E-state index is -0.117. The summed E-state index contributed by atoms with van der Waals surface area (Å²) in [7, 11) is 0. The van der Waals surface area contributed by atoms with Gasteiger partial charge in [0.15, 0.2) is 5.16 Å². The molecule has 3 aromatic rings. The third-order valence-electron chi connectivity index (χ3n) is 4.52. The number of rotatable bonds is 5. The Hall–Kier alpha value is -1.83. The number of thiophene rings is 1. The number of carbonyl (C=O) groups excluding carboxylic acids is 1. The van der Waals surface area contributed by atoms with Crippen molar-refractivity contribution in [2.24, 2.45) is 0 Å². The average molecular weight is 420 g/mol. The Balaban J connectivity index is 1.41. The van der Waals surface area contributed by atoms with E-state index in [-0.39, 0.29) is 17.2 Å². The van der Waals surface area contributed by atoms with E-state index in [9.17, 15) is 9.59 Å². The van der Waals surface area contributed by atoms with E-state index in [2.05, 4.69) is 15.3 Å². The van der Waals surface area contributed by atoms with Crippen LogP contribution in [0.25, 0.3) is 10.2 Å². The van der Waals surface area contributed by atoms with Crippen LogP contribution in [0.1, 0.15) is 28.8 Å². The highest BCUT2D eigenvalue weighted by molar-refractivity contribution is 7.99. The number of H-pyrrole nitrogens is 1. The van der Waals surface area contributed by atoms with Crippen molar-refractivity contribution in [2.45, 2.75) is 37.4 Å². The van der Waals surface area contributed by atoms with Gasteiger partial charge in [-0.05, 0) is 48.9 Å². The molecule has 4 rings (SSSR count). The van der Waals surface area contributed by atoms with Gasteiger partial charge < -0.3 is 10.3 Å². The van der Waals surface area contributed by atoms with Crippen LogP contribution in [0.2, 0.25) is 5.02 Å². The first-order valence-electron chi connectivity index (χ1n) is 8.78. The quantitative estimate of drug-likeness (QED) is 0.485. The molecule has 1 aliphatic rings. The molecule has 0 atom stereocenters. The fraction of sp³-hybridized carbons (Fsp3) is 0.316. The third kappa shape index (κ3) is 4.20. The van der Waals surface area contributed by atoms with Gasteiger partial charge >= 0.3 is 0 Å². The molecule has 8 heteroatoms. The first kappa shape index (κ1) is 18.5. The molecule has 2 N–H and O–H groups in total. The molecule has 0 saturated carbocycles. The second-order valence-electron chi connectivity index (χ2n) is 6.46. The van der Waals surface area contributed by atoms with Crippen LogP contribution in [-0.2, 0) is 24.2 Å². The Morgan fingerprint density at radius 3 is 3.04 bits per heavy atom. The molecule has 0 bridgehead atoms. The fourth-order valence-electron chi connectivity index (χ4n) is 3.25. The summed E-state index contributed by atoms with van der Waals surface area (Å²) in [6, 6.07) is 7.37. The Morgan fingerprint density at radius 2 is 2.19 bits per heavy atom. The first-order chi connectivity index (χ1) is 13.1. The van der Waals surface area contributed by atoms with Crippen LogP contribution < -0.4 is 10.9 Å². The standard InChI is InChI=1S/C19H18ClN3O2S2/c20-12-5-3-4-11(8-12)9-21-15(24)10-26-19-22-17(25)16-13-6-1-2-7-14(13)27-18(16)23-19/h3-5,8H,1-2,6-7,9-10H2,(H,21,24)(H,22,23,25). The van der Waals surface area contributed by atoms with Crippen molar-refractivity contribution in [2.75, 3.05) is 5.75 Å². The molecule has 0 fully saturated rings. The summed E-state index contributed by atoms with van der Waals surface area (Å²) in [6.07, 6.45) is 4.29. The lowest BCUT2D eigenvalue weighted by Gasteiger charge is -2.09. The molecule has 2 aromatic heterocycles. The van der Waals surface area contributed by atoms with E-state index in [4.69, 9.17) is 11.6 Å². The smallest absolute Gasteiger partial charge is 0.260 e. The predicted molar refractivity (Wildman–Crippen MR) is 111 cm³/mol. The highest BCUT2D eigenvalue weighted by Crippen LogP contribution is 2.34. The van der Waals surface area contributed by atoms with Crippen LogP contribution >= 0.6 is 34.7 Å². The number of hydrogen-bond donors (Lipinski definition) is 2. The van der Waals surface area contributed by atoms with Crippen LogP contribution in [0.5, 0.6) is 0 Å². The normalized spacial score (nSPS) is 13.5. The summed E-state index contributed by atoms with van der Waals surface area (Å²) >= 11 is 8.80. The van der Waals surface area contributed by atoms with Crippen molar-refractivity contribution in [3.05, 3.63) is 55.6 Å². The average Bonchev–Trinajstić information content (AvgIpc) is 3.03. The fourth-order valence-corrected chi connectivity index (χ4v) is 5.47. The monoisotopic (exact) mass is 419 g/mol. The Labute approximate surface area is 169 Å². The number of aromatic amines is 1. The summed E-state index contributed by atoms with van der Waals surface area (Å²) in [4.78, 5) is 34.1. The molecule has 27 heavy (non-hydrogen) atoms. The first-order valence-corrected chi connectivity index (χ1v) is 11.0. The number of carbonyl (C=O) groups is 1. The van der Waals surface area contributed by atoms with Crippen LogP contribution in [0.4, 0.5) is 0 Å². The molecular weight excluding hydrogens is 402 g/mol. The highest BCUT2D eigenvalue weighted by Gasteiger charge is 2.20. The van der Waals surface area contributed by atoms with E-state index in [1.165, 1.54) is 28.6 Å². The molecule has 1 aromatic carbocycles. The molecule has 0 saturated heterocycles. The van der Waals surface area contributed by atoms with Gasteiger partial charge in [0.25, 0.3) is 5.56 Å². The number of aryl methyl sites for hydroxylation is 2. The zero-order valence-electron chi connectivity index (χ0n) is 14.5. The molecule has 0 spiro atoms. The summed E-state index contributed by atoms with van der Waals surface area (Å²) < 4.78 is 0. The predicted octanol–water partition coefficient (Wildman–Crippen LogP) is 3.93. The largest absolute Gasteiger partial charge is 0.351 e. The van der Waals surface area contributed by atoms with Gasteiger partial charge in [0.2, 0.25) is 5.91 Å². The number of fused-ring (bicyclic) bond motifs is 3. The maximum atomic E-state index is 12.5. The number of amides is 1. The maximum Gasteiger partial charge on any atom is 0.260 e. The van der Waals surface area contributed by atoms with E-state index >= 15 is 0 Å². The number of halogens is 1. The van der Waals surface area contributed by atoms with Gasteiger partial charge in [-0.1, -0.05) is 35.5 Å². The molecular formula is C19H18ClN3O2S2. The summed E-state index contributed by atoms with van der Waals surface area (Å²) in [5.41, 5.74) is 2.02. The molecule has 0 radical (unpaired) electrons. The molecule has 1 aliphatic carbocycles. The number of hydrogen-bond acceptors (Lipinski definition) is 5. The van der Waals surface area contributed by atoms with Gasteiger partial charge in [-0.2, -0.15) is 0 Å². The molecule has 5 nitrogen and oxygen atoms in total. The lowest BCUT2D eigenvalue weighted by atomic mass is 9.97. The molecule has 0 aliphatic heterocycles. The van der Waals surface area contributed by atoms with E-state index < -0.39 is 0 Å². The number of nitrogens with one attached hydrogen (secondary N) is 2. The molecule has 140 valence electrons. The van der Waals surface area contributed by atoms with Gasteiger partial charge in [0, 0.05) is 16.4 Å². The Bertz CT molecular complexity index is 1060. The topological polar surface area (TPSA) is 74.8 Å². The van der Waals surface area contributed by atoms with Crippen LogP contribution in [0.15, 0.2) is 34.2 Å². The van der Waals surface area contributed by atoms with E-state index in [1.54, 1.807) is 17.4 Å². The Morgan fingerprint density at radius 1 is 1.33 bits per heavy atom. The number of aromatic nitrogens is 2. The minimum Gasteiger partial charge on any atom is -0.351 e. The zero-order chi connectivity index (χ0) is 18.8. The molecule has 0 unspecified atom stereocenters. The van der Waals surface area contributed by atoms with Crippen molar-refractivity contribution in [3.63, 3.8) is 0 Å². The Kier molecular flexibility index (Phi) is 5.52. The van der Waals surface area contributed by atoms with Crippen molar-refractivity contribution >= 4 is 50.8 Å². The van der Waals surface area contributed by atoms with Crippen molar-refractivity contribution in [1.82, 2.24) is 15.3 Å². The zero-order valence-corrected chi connectivity index (χ0v) is 16.9. The summed E-state index contributed by atoms with van der Waals surface area (Å²) in [6.45, 7) is 0.417.